The first-order valence-corrected chi connectivity index (χ1v) is 6.09. The molecule has 2 atom stereocenters. The summed E-state index contributed by atoms with van der Waals surface area (Å²) in [4.78, 5) is 4.15. The van der Waals surface area contributed by atoms with Crippen molar-refractivity contribution in [2.75, 3.05) is 0 Å². The molecular formula is C14H16ClN. The molecule has 0 radical (unpaired) electrons. The zero-order chi connectivity index (χ0) is 11.5. The molecule has 0 aliphatic heterocycles. The van der Waals surface area contributed by atoms with Gasteiger partial charge in [-0.15, -0.1) is 11.6 Å². The van der Waals surface area contributed by atoms with Crippen LogP contribution in [-0.4, -0.2) is 10.4 Å². The third kappa shape index (κ3) is 2.35. The molecule has 0 N–H and O–H groups in total. The number of hydrogen-bond acceptors (Lipinski definition) is 1. The van der Waals surface area contributed by atoms with E-state index >= 15 is 0 Å². The number of rotatable bonds is 3. The van der Waals surface area contributed by atoms with Gasteiger partial charge in [0.1, 0.15) is 0 Å². The van der Waals surface area contributed by atoms with Crippen LogP contribution >= 0.6 is 11.6 Å². The standard InChI is InChI=1S/C14H16ClN/c1-10(8-11(2)15)13-5-3-4-12-9-16-7-6-14(12)13/h3-7,9-11H,8H2,1-2H3. The Morgan fingerprint density at radius 2 is 2.06 bits per heavy atom. The maximum absolute atomic E-state index is 6.06. The van der Waals surface area contributed by atoms with Gasteiger partial charge in [0, 0.05) is 23.2 Å². The Morgan fingerprint density at radius 1 is 1.25 bits per heavy atom. The van der Waals surface area contributed by atoms with Gasteiger partial charge in [0.15, 0.2) is 0 Å². The average molecular weight is 234 g/mol. The second-order valence-corrected chi connectivity index (χ2v) is 5.11. The molecule has 16 heavy (non-hydrogen) atoms. The topological polar surface area (TPSA) is 12.9 Å². The molecule has 0 saturated heterocycles. The molecule has 2 aromatic rings. The van der Waals surface area contributed by atoms with Crippen LogP contribution in [0.5, 0.6) is 0 Å². The molecule has 0 amide bonds. The van der Waals surface area contributed by atoms with Crippen LogP contribution < -0.4 is 0 Å². The molecular weight excluding hydrogens is 218 g/mol. The van der Waals surface area contributed by atoms with Gasteiger partial charge in [-0.05, 0) is 36.3 Å². The van der Waals surface area contributed by atoms with Crippen molar-refractivity contribution in [2.24, 2.45) is 0 Å². The molecule has 1 nitrogen and oxygen atoms in total. The van der Waals surface area contributed by atoms with Gasteiger partial charge in [-0.1, -0.05) is 25.1 Å². The second-order valence-electron chi connectivity index (χ2n) is 4.36. The second kappa shape index (κ2) is 4.84. The van der Waals surface area contributed by atoms with Crippen molar-refractivity contribution >= 4 is 22.4 Å². The molecule has 1 heterocycles. The fraction of sp³-hybridized carbons (Fsp3) is 0.357. The van der Waals surface area contributed by atoms with E-state index in [1.807, 2.05) is 19.3 Å². The fourth-order valence-corrected chi connectivity index (χ4v) is 2.46. The number of pyridine rings is 1. The SMILES string of the molecule is CC(Cl)CC(C)c1cccc2cnccc12. The monoisotopic (exact) mass is 233 g/mol. The van der Waals surface area contributed by atoms with E-state index in [0.717, 1.165) is 6.42 Å². The minimum Gasteiger partial charge on any atom is -0.264 e. The Kier molecular flexibility index (Phi) is 3.45. The molecule has 0 bridgehead atoms. The fourth-order valence-electron chi connectivity index (χ4n) is 2.19. The third-order valence-electron chi connectivity index (χ3n) is 2.92. The van der Waals surface area contributed by atoms with Crippen LogP contribution in [0.4, 0.5) is 0 Å². The number of fused-ring (bicyclic) bond motifs is 1. The Labute approximate surface area is 101 Å². The highest BCUT2D eigenvalue weighted by atomic mass is 35.5. The van der Waals surface area contributed by atoms with Crippen molar-refractivity contribution in [3.8, 4) is 0 Å². The van der Waals surface area contributed by atoms with E-state index in [4.69, 9.17) is 11.6 Å². The van der Waals surface area contributed by atoms with Crippen molar-refractivity contribution in [3.63, 3.8) is 0 Å². The van der Waals surface area contributed by atoms with E-state index < -0.39 is 0 Å². The molecule has 2 rings (SSSR count). The number of hydrogen-bond donors (Lipinski definition) is 0. The molecule has 0 aliphatic carbocycles. The van der Waals surface area contributed by atoms with Crippen molar-refractivity contribution in [2.45, 2.75) is 31.6 Å². The largest absolute Gasteiger partial charge is 0.264 e. The number of benzene rings is 1. The summed E-state index contributed by atoms with van der Waals surface area (Å²) >= 11 is 6.06. The predicted octanol–water partition coefficient (Wildman–Crippen LogP) is 4.36. The maximum atomic E-state index is 6.06. The predicted molar refractivity (Wildman–Crippen MR) is 70.1 cm³/mol. The van der Waals surface area contributed by atoms with Gasteiger partial charge >= 0.3 is 0 Å². The summed E-state index contributed by atoms with van der Waals surface area (Å²) in [5, 5.41) is 2.71. The van der Waals surface area contributed by atoms with Gasteiger partial charge in [-0.2, -0.15) is 0 Å². The Bertz CT molecular complexity index is 474. The smallest absolute Gasteiger partial charge is 0.0346 e. The molecule has 0 fully saturated rings. The molecule has 2 unspecified atom stereocenters. The van der Waals surface area contributed by atoms with Crippen molar-refractivity contribution in [1.29, 1.82) is 0 Å². The molecule has 84 valence electrons. The lowest BCUT2D eigenvalue weighted by molar-refractivity contribution is 0.675. The van der Waals surface area contributed by atoms with Gasteiger partial charge in [0.05, 0.1) is 0 Å². The van der Waals surface area contributed by atoms with E-state index in [2.05, 4.69) is 36.2 Å². The highest BCUT2D eigenvalue weighted by molar-refractivity contribution is 6.20. The maximum Gasteiger partial charge on any atom is 0.0346 e. The summed E-state index contributed by atoms with van der Waals surface area (Å²) < 4.78 is 0. The molecule has 0 spiro atoms. The first-order chi connectivity index (χ1) is 7.68. The molecule has 0 saturated carbocycles. The van der Waals surface area contributed by atoms with E-state index in [1.54, 1.807) is 0 Å². The summed E-state index contributed by atoms with van der Waals surface area (Å²) in [6.07, 6.45) is 4.77. The number of alkyl halides is 1. The number of nitrogens with zero attached hydrogens (tertiary/aromatic N) is 1. The lowest BCUT2D eigenvalue weighted by atomic mass is 9.92. The third-order valence-corrected chi connectivity index (χ3v) is 3.10. The van der Waals surface area contributed by atoms with E-state index in [9.17, 15) is 0 Å². The summed E-state index contributed by atoms with van der Waals surface area (Å²) in [7, 11) is 0. The molecule has 1 aromatic heterocycles. The zero-order valence-electron chi connectivity index (χ0n) is 9.65. The minimum absolute atomic E-state index is 0.215. The Morgan fingerprint density at radius 3 is 2.81 bits per heavy atom. The summed E-state index contributed by atoms with van der Waals surface area (Å²) in [6, 6.07) is 8.46. The van der Waals surface area contributed by atoms with E-state index in [1.165, 1.54) is 16.3 Å². The van der Waals surface area contributed by atoms with Crippen molar-refractivity contribution in [1.82, 2.24) is 4.98 Å². The number of aromatic nitrogens is 1. The molecule has 2 heteroatoms. The minimum atomic E-state index is 0.215. The summed E-state index contributed by atoms with van der Waals surface area (Å²) in [5.41, 5.74) is 1.37. The highest BCUT2D eigenvalue weighted by Crippen LogP contribution is 2.28. The van der Waals surface area contributed by atoms with Crippen LogP contribution in [0, 0.1) is 0 Å². The first-order valence-electron chi connectivity index (χ1n) is 5.65. The lowest BCUT2D eigenvalue weighted by Crippen LogP contribution is -2.01. The van der Waals surface area contributed by atoms with Gasteiger partial charge in [0.2, 0.25) is 0 Å². The van der Waals surface area contributed by atoms with Crippen LogP contribution in [0.2, 0.25) is 0 Å². The Hall–Kier alpha value is -1.08. The lowest BCUT2D eigenvalue weighted by Gasteiger charge is -2.15. The van der Waals surface area contributed by atoms with Gasteiger partial charge in [-0.3, -0.25) is 4.98 Å². The number of halogens is 1. The van der Waals surface area contributed by atoms with Gasteiger partial charge < -0.3 is 0 Å². The van der Waals surface area contributed by atoms with Crippen LogP contribution in [0.1, 0.15) is 31.7 Å². The van der Waals surface area contributed by atoms with E-state index in [-0.39, 0.29) is 5.38 Å². The van der Waals surface area contributed by atoms with Crippen molar-refractivity contribution in [3.05, 3.63) is 42.2 Å². The van der Waals surface area contributed by atoms with Crippen LogP contribution in [0.3, 0.4) is 0 Å². The van der Waals surface area contributed by atoms with Crippen LogP contribution in [0.25, 0.3) is 10.8 Å². The van der Waals surface area contributed by atoms with Crippen LogP contribution in [-0.2, 0) is 0 Å². The van der Waals surface area contributed by atoms with Crippen LogP contribution in [0.15, 0.2) is 36.7 Å². The molecule has 0 aliphatic rings. The summed E-state index contributed by atoms with van der Waals surface area (Å²) in [6.45, 7) is 4.28. The quantitative estimate of drug-likeness (QED) is 0.718. The normalized spacial score (nSPS) is 14.9. The summed E-state index contributed by atoms with van der Waals surface area (Å²) in [5.74, 6) is 0.485. The molecule has 1 aromatic carbocycles. The van der Waals surface area contributed by atoms with Gasteiger partial charge in [-0.25, -0.2) is 0 Å². The Balaban J connectivity index is 2.44. The average Bonchev–Trinajstić information content (AvgIpc) is 2.27. The first kappa shape index (κ1) is 11.4. The van der Waals surface area contributed by atoms with Crippen molar-refractivity contribution < 1.29 is 0 Å². The zero-order valence-corrected chi connectivity index (χ0v) is 10.4. The highest BCUT2D eigenvalue weighted by Gasteiger charge is 2.11. The van der Waals surface area contributed by atoms with E-state index in [0.29, 0.717) is 5.92 Å². The van der Waals surface area contributed by atoms with Gasteiger partial charge in [0.25, 0.3) is 0 Å².